The Labute approximate surface area is 110 Å². The van der Waals surface area contributed by atoms with Crippen molar-refractivity contribution in [3.63, 3.8) is 0 Å². The fraction of sp³-hybridized carbons (Fsp3) is 0.133. The molecule has 0 saturated carbocycles. The normalized spacial score (nSPS) is 11.0. The summed E-state index contributed by atoms with van der Waals surface area (Å²) in [6.07, 6.45) is 0.960. The molecule has 1 aromatic heterocycles. The summed E-state index contributed by atoms with van der Waals surface area (Å²) in [4.78, 5) is 7.61. The average molecular weight is 254 g/mol. The number of phenols is 2. The lowest BCUT2D eigenvalue weighted by Crippen LogP contribution is -1.81. The molecular formula is C15H14N2O2. The Hall–Kier alpha value is -2.49. The van der Waals surface area contributed by atoms with Crippen LogP contribution >= 0.6 is 0 Å². The van der Waals surface area contributed by atoms with Gasteiger partial charge in [0.15, 0.2) is 0 Å². The SMILES string of the molecule is CCc1ccc2nc(-c3cc(O)ccc3O)[nH]c2c1. The van der Waals surface area contributed by atoms with Gasteiger partial charge >= 0.3 is 0 Å². The molecule has 96 valence electrons. The third-order valence-electron chi connectivity index (χ3n) is 3.19. The third-order valence-corrected chi connectivity index (χ3v) is 3.19. The van der Waals surface area contributed by atoms with Crippen molar-refractivity contribution >= 4 is 11.0 Å². The van der Waals surface area contributed by atoms with Gasteiger partial charge in [-0.3, -0.25) is 0 Å². The number of aromatic nitrogens is 2. The molecule has 4 nitrogen and oxygen atoms in total. The van der Waals surface area contributed by atoms with Gasteiger partial charge in [-0.1, -0.05) is 13.0 Å². The highest BCUT2D eigenvalue weighted by Crippen LogP contribution is 2.31. The molecule has 0 aliphatic carbocycles. The summed E-state index contributed by atoms with van der Waals surface area (Å²) in [6.45, 7) is 2.10. The number of nitrogens with zero attached hydrogens (tertiary/aromatic N) is 1. The standard InChI is InChI=1S/C15H14N2O2/c1-2-9-3-5-12-13(7-9)17-15(16-12)11-8-10(18)4-6-14(11)19/h3-8,18-19H,2H2,1H3,(H,16,17). The van der Waals surface area contributed by atoms with Crippen LogP contribution in [0, 0.1) is 0 Å². The number of benzene rings is 2. The first-order chi connectivity index (χ1) is 9.17. The molecule has 0 aliphatic heterocycles. The minimum Gasteiger partial charge on any atom is -0.508 e. The van der Waals surface area contributed by atoms with Gasteiger partial charge in [-0.05, 0) is 42.3 Å². The number of nitrogens with one attached hydrogen (secondary N) is 1. The molecule has 0 unspecified atom stereocenters. The highest BCUT2D eigenvalue weighted by Gasteiger charge is 2.10. The topological polar surface area (TPSA) is 69.1 Å². The lowest BCUT2D eigenvalue weighted by molar-refractivity contribution is 0.461. The fourth-order valence-electron chi connectivity index (χ4n) is 2.12. The molecule has 3 rings (SSSR count). The van der Waals surface area contributed by atoms with Gasteiger partial charge in [0, 0.05) is 0 Å². The molecule has 0 atom stereocenters. The van der Waals surface area contributed by atoms with Crippen LogP contribution in [0.25, 0.3) is 22.4 Å². The number of fused-ring (bicyclic) bond motifs is 1. The van der Waals surface area contributed by atoms with Crippen molar-refractivity contribution in [3.8, 4) is 22.9 Å². The number of H-pyrrole nitrogens is 1. The van der Waals surface area contributed by atoms with Gasteiger partial charge in [-0.15, -0.1) is 0 Å². The first-order valence-corrected chi connectivity index (χ1v) is 6.18. The van der Waals surface area contributed by atoms with Gasteiger partial charge in [-0.25, -0.2) is 4.98 Å². The largest absolute Gasteiger partial charge is 0.508 e. The van der Waals surface area contributed by atoms with Gasteiger partial charge in [0.05, 0.1) is 16.6 Å². The molecular weight excluding hydrogens is 240 g/mol. The van der Waals surface area contributed by atoms with Crippen molar-refractivity contribution in [2.75, 3.05) is 0 Å². The zero-order valence-corrected chi connectivity index (χ0v) is 10.5. The second-order valence-corrected chi connectivity index (χ2v) is 4.49. The van der Waals surface area contributed by atoms with Crippen molar-refractivity contribution in [1.29, 1.82) is 0 Å². The van der Waals surface area contributed by atoms with Gasteiger partial charge in [-0.2, -0.15) is 0 Å². The summed E-state index contributed by atoms with van der Waals surface area (Å²) in [5, 5.41) is 19.3. The van der Waals surface area contributed by atoms with E-state index in [0.29, 0.717) is 11.4 Å². The molecule has 0 amide bonds. The van der Waals surface area contributed by atoms with Crippen molar-refractivity contribution in [3.05, 3.63) is 42.0 Å². The van der Waals surface area contributed by atoms with Gasteiger partial charge in [0.1, 0.15) is 17.3 Å². The van der Waals surface area contributed by atoms with Crippen LogP contribution in [0.5, 0.6) is 11.5 Å². The molecule has 0 fully saturated rings. The smallest absolute Gasteiger partial charge is 0.142 e. The highest BCUT2D eigenvalue weighted by molar-refractivity contribution is 5.81. The summed E-state index contributed by atoms with van der Waals surface area (Å²) in [5.74, 6) is 0.742. The zero-order valence-electron chi connectivity index (χ0n) is 10.5. The molecule has 0 radical (unpaired) electrons. The van der Waals surface area contributed by atoms with E-state index in [2.05, 4.69) is 16.9 Å². The monoisotopic (exact) mass is 254 g/mol. The van der Waals surface area contributed by atoms with E-state index in [1.165, 1.54) is 23.8 Å². The molecule has 3 N–H and O–H groups in total. The average Bonchev–Trinajstić information content (AvgIpc) is 2.83. The lowest BCUT2D eigenvalue weighted by atomic mass is 10.1. The Morgan fingerprint density at radius 2 is 1.95 bits per heavy atom. The highest BCUT2D eigenvalue weighted by atomic mass is 16.3. The molecule has 0 bridgehead atoms. The number of aryl methyl sites for hydroxylation is 1. The van der Waals surface area contributed by atoms with Crippen LogP contribution in [-0.2, 0) is 6.42 Å². The van der Waals surface area contributed by atoms with E-state index in [4.69, 9.17) is 0 Å². The Morgan fingerprint density at radius 3 is 2.74 bits per heavy atom. The zero-order chi connectivity index (χ0) is 13.4. The van der Waals surface area contributed by atoms with Crippen LogP contribution in [0.15, 0.2) is 36.4 Å². The quantitative estimate of drug-likeness (QED) is 0.615. The minimum atomic E-state index is 0.0903. The second-order valence-electron chi connectivity index (χ2n) is 4.49. The molecule has 0 aliphatic rings. The van der Waals surface area contributed by atoms with Crippen LogP contribution < -0.4 is 0 Å². The first-order valence-electron chi connectivity index (χ1n) is 6.18. The lowest BCUT2D eigenvalue weighted by Gasteiger charge is -2.01. The molecule has 2 aromatic carbocycles. The maximum absolute atomic E-state index is 9.84. The Bertz CT molecular complexity index is 747. The van der Waals surface area contributed by atoms with Crippen molar-refractivity contribution in [1.82, 2.24) is 9.97 Å². The van der Waals surface area contributed by atoms with E-state index < -0.39 is 0 Å². The van der Waals surface area contributed by atoms with Gasteiger partial charge < -0.3 is 15.2 Å². The predicted octanol–water partition coefficient (Wildman–Crippen LogP) is 3.20. The summed E-state index contributed by atoms with van der Waals surface area (Å²) >= 11 is 0. The van der Waals surface area contributed by atoms with E-state index in [-0.39, 0.29) is 11.5 Å². The van der Waals surface area contributed by atoms with Crippen molar-refractivity contribution in [2.45, 2.75) is 13.3 Å². The minimum absolute atomic E-state index is 0.0903. The fourth-order valence-corrected chi connectivity index (χ4v) is 2.12. The van der Waals surface area contributed by atoms with E-state index in [1.807, 2.05) is 18.2 Å². The molecule has 1 heterocycles. The van der Waals surface area contributed by atoms with Crippen molar-refractivity contribution < 1.29 is 10.2 Å². The number of hydrogen-bond donors (Lipinski definition) is 3. The molecule has 19 heavy (non-hydrogen) atoms. The number of imidazole rings is 1. The summed E-state index contributed by atoms with van der Waals surface area (Å²) in [5.41, 5.74) is 3.49. The van der Waals surface area contributed by atoms with Crippen molar-refractivity contribution in [2.24, 2.45) is 0 Å². The summed E-state index contributed by atoms with van der Waals surface area (Å²) in [7, 11) is 0. The maximum atomic E-state index is 9.84. The Morgan fingerprint density at radius 1 is 1.11 bits per heavy atom. The molecule has 4 heteroatoms. The van der Waals surface area contributed by atoms with E-state index >= 15 is 0 Å². The van der Waals surface area contributed by atoms with Gasteiger partial charge in [0.2, 0.25) is 0 Å². The third kappa shape index (κ3) is 2.01. The van der Waals surface area contributed by atoms with Crippen LogP contribution in [0.1, 0.15) is 12.5 Å². The number of phenolic OH excluding ortho intramolecular Hbond substituents is 2. The summed E-state index contributed by atoms with van der Waals surface area (Å²) < 4.78 is 0. The van der Waals surface area contributed by atoms with Crippen LogP contribution in [0.3, 0.4) is 0 Å². The molecule has 0 spiro atoms. The van der Waals surface area contributed by atoms with E-state index in [1.54, 1.807) is 0 Å². The molecule has 0 saturated heterocycles. The first kappa shape index (κ1) is 11.6. The van der Waals surface area contributed by atoms with E-state index in [0.717, 1.165) is 17.5 Å². The van der Waals surface area contributed by atoms with Gasteiger partial charge in [0.25, 0.3) is 0 Å². The van der Waals surface area contributed by atoms with E-state index in [9.17, 15) is 10.2 Å². The number of hydrogen-bond acceptors (Lipinski definition) is 3. The number of aromatic amines is 1. The van der Waals surface area contributed by atoms with Crippen LogP contribution in [0.4, 0.5) is 0 Å². The maximum Gasteiger partial charge on any atom is 0.142 e. The number of rotatable bonds is 2. The second kappa shape index (κ2) is 4.31. The Kier molecular flexibility index (Phi) is 2.63. The van der Waals surface area contributed by atoms with Crippen LogP contribution in [-0.4, -0.2) is 20.2 Å². The predicted molar refractivity (Wildman–Crippen MR) is 74.2 cm³/mol. The summed E-state index contributed by atoms with van der Waals surface area (Å²) in [6, 6.07) is 10.4. The Balaban J connectivity index is 2.17. The van der Waals surface area contributed by atoms with Crippen LogP contribution in [0.2, 0.25) is 0 Å². The molecule has 3 aromatic rings. The number of aromatic hydroxyl groups is 2.